The van der Waals surface area contributed by atoms with Crippen molar-refractivity contribution in [3.8, 4) is 0 Å². The summed E-state index contributed by atoms with van der Waals surface area (Å²) in [6, 6.07) is 10.4. The highest BCUT2D eigenvalue weighted by Crippen LogP contribution is 2.35. The van der Waals surface area contributed by atoms with E-state index in [1.54, 1.807) is 0 Å². The van der Waals surface area contributed by atoms with Crippen molar-refractivity contribution in [1.82, 2.24) is 15.3 Å². The molecule has 0 saturated carbocycles. The van der Waals surface area contributed by atoms with Crippen LogP contribution in [0.25, 0.3) is 0 Å². The van der Waals surface area contributed by atoms with E-state index in [1.165, 1.54) is 31.2 Å². The average Bonchev–Trinajstić information content (AvgIpc) is 2.93. The van der Waals surface area contributed by atoms with Gasteiger partial charge < -0.3 is 25.2 Å². The Hall–Kier alpha value is -2.16. The maximum Gasteiger partial charge on any atom is 0.232 e. The Labute approximate surface area is 237 Å². The summed E-state index contributed by atoms with van der Waals surface area (Å²) in [6.07, 6.45) is 6.80. The summed E-state index contributed by atoms with van der Waals surface area (Å²) in [5.41, 5.74) is 1.20. The molecular weight excluding hydrogens is 516 g/mol. The summed E-state index contributed by atoms with van der Waals surface area (Å²) < 4.78 is 5.70. The molecule has 9 heteroatoms. The number of nitrogens with zero attached hydrogens (tertiary/aromatic N) is 4. The van der Waals surface area contributed by atoms with Crippen molar-refractivity contribution >= 4 is 46.5 Å². The van der Waals surface area contributed by atoms with Gasteiger partial charge in [-0.15, -0.1) is 0 Å². The van der Waals surface area contributed by atoms with Crippen molar-refractivity contribution in [2.45, 2.75) is 57.8 Å². The van der Waals surface area contributed by atoms with Crippen molar-refractivity contribution in [3.05, 3.63) is 40.9 Å². The molecule has 3 aliphatic heterocycles. The molecule has 0 amide bonds. The van der Waals surface area contributed by atoms with Gasteiger partial charge in [-0.1, -0.05) is 37.6 Å². The molecule has 4 heterocycles. The fraction of sp³-hybridized carbons (Fsp3) is 0.621. The Bertz CT molecular complexity index is 1050. The molecule has 3 saturated heterocycles. The monoisotopic (exact) mass is 556 g/mol. The molecule has 1 aromatic heterocycles. The molecule has 38 heavy (non-hydrogen) atoms. The molecule has 206 valence electrons. The van der Waals surface area contributed by atoms with Crippen LogP contribution in [0.2, 0.25) is 5.02 Å². The standard InChI is InChI=1S/C29H41ClN6OS/c1-21-5-3-13-35(18-21)25-17-26(36-14-4-6-22(2)19-36)33-27(32-25)34-28(38)31-20-29(11-15-37-16-12-29)23-7-9-24(30)10-8-23/h7-10,17,21-22H,3-6,11-16,18-20H2,1-2H3,(H2,31,32,33,34,38)/t21-,22-/m1/s1. The van der Waals surface area contributed by atoms with Gasteiger partial charge in [-0.25, -0.2) is 0 Å². The van der Waals surface area contributed by atoms with Gasteiger partial charge in [0.1, 0.15) is 11.6 Å². The first-order chi connectivity index (χ1) is 18.4. The molecule has 0 aliphatic carbocycles. The number of hydrogen-bond acceptors (Lipinski definition) is 6. The molecule has 2 aromatic rings. The Morgan fingerprint density at radius 2 is 1.58 bits per heavy atom. The summed E-state index contributed by atoms with van der Waals surface area (Å²) in [4.78, 5) is 14.7. The van der Waals surface area contributed by atoms with E-state index in [1.807, 2.05) is 12.1 Å². The lowest BCUT2D eigenvalue weighted by atomic mass is 9.74. The lowest BCUT2D eigenvalue weighted by Gasteiger charge is -2.38. The van der Waals surface area contributed by atoms with E-state index in [2.05, 4.69) is 52.5 Å². The Kier molecular flexibility index (Phi) is 8.91. The molecule has 0 radical (unpaired) electrons. The zero-order valence-corrected chi connectivity index (χ0v) is 24.3. The Balaban J connectivity index is 1.33. The molecule has 2 atom stereocenters. The molecule has 5 rings (SSSR count). The minimum atomic E-state index is -0.0592. The molecule has 0 unspecified atom stereocenters. The third kappa shape index (κ3) is 6.69. The predicted molar refractivity (Wildman–Crippen MR) is 161 cm³/mol. The number of thiocarbonyl (C=S) groups is 1. The normalized spacial score (nSPS) is 23.7. The van der Waals surface area contributed by atoms with Crippen molar-refractivity contribution in [3.63, 3.8) is 0 Å². The van der Waals surface area contributed by atoms with Crippen molar-refractivity contribution < 1.29 is 4.74 Å². The first-order valence-electron chi connectivity index (χ1n) is 14.2. The number of halogens is 1. The van der Waals surface area contributed by atoms with E-state index < -0.39 is 0 Å². The zero-order valence-electron chi connectivity index (χ0n) is 22.7. The van der Waals surface area contributed by atoms with Gasteiger partial charge in [0, 0.05) is 62.4 Å². The average molecular weight is 557 g/mol. The third-order valence-corrected chi connectivity index (χ3v) is 8.88. The maximum atomic E-state index is 6.18. The number of anilines is 3. The lowest BCUT2D eigenvalue weighted by Crippen LogP contribution is -2.45. The summed E-state index contributed by atoms with van der Waals surface area (Å²) in [5, 5.41) is 8.12. The number of piperidine rings is 2. The second-order valence-corrected chi connectivity index (χ2v) is 12.3. The zero-order chi connectivity index (χ0) is 26.5. The second-order valence-electron chi connectivity index (χ2n) is 11.5. The fourth-order valence-corrected chi connectivity index (χ4v) is 6.41. The summed E-state index contributed by atoms with van der Waals surface area (Å²) in [6.45, 7) is 11.0. The first kappa shape index (κ1) is 27.4. The van der Waals surface area contributed by atoms with Crippen LogP contribution in [0.5, 0.6) is 0 Å². The van der Waals surface area contributed by atoms with Gasteiger partial charge in [0.15, 0.2) is 5.11 Å². The van der Waals surface area contributed by atoms with Crippen molar-refractivity contribution in [2.24, 2.45) is 11.8 Å². The molecular formula is C29H41ClN6OS. The van der Waals surface area contributed by atoms with Crippen molar-refractivity contribution in [2.75, 3.05) is 61.1 Å². The molecule has 0 spiro atoms. The van der Waals surface area contributed by atoms with Gasteiger partial charge in [-0.05, 0) is 80.3 Å². The van der Waals surface area contributed by atoms with Gasteiger partial charge in [0.2, 0.25) is 5.95 Å². The van der Waals surface area contributed by atoms with Gasteiger partial charge in [0.25, 0.3) is 0 Å². The topological polar surface area (TPSA) is 65.5 Å². The van der Waals surface area contributed by atoms with Crippen LogP contribution in [0.1, 0.15) is 57.9 Å². The van der Waals surface area contributed by atoms with Gasteiger partial charge in [0.05, 0.1) is 0 Å². The van der Waals surface area contributed by atoms with Crippen LogP contribution in [0.15, 0.2) is 30.3 Å². The van der Waals surface area contributed by atoms with Gasteiger partial charge in [-0.3, -0.25) is 0 Å². The van der Waals surface area contributed by atoms with Crippen LogP contribution in [0.3, 0.4) is 0 Å². The lowest BCUT2D eigenvalue weighted by molar-refractivity contribution is 0.0515. The van der Waals surface area contributed by atoms with Crippen LogP contribution in [0, 0.1) is 11.8 Å². The number of hydrogen-bond donors (Lipinski definition) is 2. The third-order valence-electron chi connectivity index (χ3n) is 8.38. The molecule has 1 aromatic carbocycles. The van der Waals surface area contributed by atoms with E-state index in [-0.39, 0.29) is 5.41 Å². The van der Waals surface area contributed by atoms with Crippen LogP contribution < -0.4 is 20.4 Å². The highest BCUT2D eigenvalue weighted by atomic mass is 35.5. The number of nitrogens with one attached hydrogen (secondary N) is 2. The maximum absolute atomic E-state index is 6.18. The van der Waals surface area contributed by atoms with E-state index in [4.69, 9.17) is 38.5 Å². The van der Waals surface area contributed by atoms with Crippen LogP contribution in [-0.4, -0.2) is 61.0 Å². The number of rotatable bonds is 6. The summed E-state index contributed by atoms with van der Waals surface area (Å²) >= 11 is 12.0. The minimum Gasteiger partial charge on any atom is -0.381 e. The van der Waals surface area contributed by atoms with Crippen LogP contribution in [0.4, 0.5) is 17.6 Å². The molecule has 0 bridgehead atoms. The predicted octanol–water partition coefficient (Wildman–Crippen LogP) is 5.64. The quantitative estimate of drug-likeness (QED) is 0.443. The van der Waals surface area contributed by atoms with Crippen molar-refractivity contribution in [1.29, 1.82) is 0 Å². The molecule has 2 N–H and O–H groups in total. The smallest absolute Gasteiger partial charge is 0.232 e. The second kappa shape index (κ2) is 12.3. The first-order valence-corrected chi connectivity index (χ1v) is 15.0. The van der Waals surface area contributed by atoms with E-state index >= 15 is 0 Å². The van der Waals surface area contributed by atoms with E-state index in [0.29, 0.717) is 29.4 Å². The summed E-state index contributed by atoms with van der Waals surface area (Å²) in [5.74, 6) is 3.89. The van der Waals surface area contributed by atoms with E-state index in [9.17, 15) is 0 Å². The largest absolute Gasteiger partial charge is 0.381 e. The molecule has 7 nitrogen and oxygen atoms in total. The fourth-order valence-electron chi connectivity index (χ4n) is 6.13. The summed E-state index contributed by atoms with van der Waals surface area (Å²) in [7, 11) is 0. The molecule has 3 aliphatic rings. The number of ether oxygens (including phenoxy) is 1. The Morgan fingerprint density at radius 3 is 2.13 bits per heavy atom. The van der Waals surface area contributed by atoms with Crippen LogP contribution >= 0.6 is 23.8 Å². The highest BCUT2D eigenvalue weighted by molar-refractivity contribution is 7.80. The number of aromatic nitrogens is 2. The van der Waals surface area contributed by atoms with Crippen LogP contribution in [-0.2, 0) is 10.2 Å². The molecule has 3 fully saturated rings. The van der Waals surface area contributed by atoms with Gasteiger partial charge >= 0.3 is 0 Å². The number of benzene rings is 1. The minimum absolute atomic E-state index is 0.0592. The Morgan fingerprint density at radius 1 is 1.00 bits per heavy atom. The highest BCUT2D eigenvalue weighted by Gasteiger charge is 2.34. The van der Waals surface area contributed by atoms with Gasteiger partial charge in [-0.2, -0.15) is 9.97 Å². The SMILES string of the molecule is C[C@@H]1CCCN(c2cc(N3CCC[C@@H](C)C3)nc(NC(=S)NCC3(c4ccc(Cl)cc4)CCOCC3)n2)C1. The van der Waals surface area contributed by atoms with E-state index in [0.717, 1.165) is 68.9 Å².